The molecule has 0 aliphatic rings. The average molecular weight is 660 g/mol. The molecule has 0 saturated carbocycles. The van der Waals surface area contributed by atoms with Gasteiger partial charge in [-0.25, -0.2) is 28.1 Å². The molecule has 0 radical (unpaired) electrons. The first-order chi connectivity index (χ1) is 20.9. The Hall–Kier alpha value is -3.30. The summed E-state index contributed by atoms with van der Waals surface area (Å²) in [7, 11) is 0. The number of rotatable bonds is 17. The second-order valence-electron chi connectivity index (χ2n) is 14.9. The molecule has 1 aromatic heterocycles. The van der Waals surface area contributed by atoms with Gasteiger partial charge in [0.2, 0.25) is 0 Å². The predicted molar refractivity (Wildman–Crippen MR) is 167 cm³/mol. The van der Waals surface area contributed by atoms with Crippen molar-refractivity contribution in [2.24, 2.45) is 16.2 Å². The van der Waals surface area contributed by atoms with Gasteiger partial charge in [0.25, 0.3) is 0 Å². The van der Waals surface area contributed by atoms with Crippen molar-refractivity contribution in [1.29, 1.82) is 0 Å². The van der Waals surface area contributed by atoms with E-state index in [9.17, 15) is 44.1 Å². The first kappa shape index (κ1) is 40.7. The summed E-state index contributed by atoms with van der Waals surface area (Å²) in [5.74, 6) is -3.29. The zero-order valence-corrected chi connectivity index (χ0v) is 28.7. The molecule has 3 N–H and O–H groups in total. The first-order valence-electron chi connectivity index (χ1n) is 15.4. The van der Waals surface area contributed by atoms with Gasteiger partial charge in [0.1, 0.15) is 39.5 Å². The molecule has 3 atom stereocenters. The predicted octanol–water partition coefficient (Wildman–Crippen LogP) is 0.583. The molecule has 46 heavy (non-hydrogen) atoms. The van der Waals surface area contributed by atoms with Crippen molar-refractivity contribution in [3.63, 3.8) is 0 Å². The van der Waals surface area contributed by atoms with Gasteiger partial charge in [-0.1, -0.05) is 68.7 Å². The van der Waals surface area contributed by atoms with E-state index >= 15 is 0 Å². The maximum absolute atomic E-state index is 13.2. The number of hydrogen-bond donors (Lipinski definition) is 3. The molecule has 1 heterocycles. The molecule has 0 spiro atoms. The number of carbonyl (C=O) groups is 3. The minimum atomic E-state index is -1.35. The molecule has 1 rings (SSSR count). The van der Waals surface area contributed by atoms with Crippen molar-refractivity contribution in [2.75, 3.05) is 19.8 Å². The van der Waals surface area contributed by atoms with Gasteiger partial charge in [0.15, 0.2) is 0 Å². The molecule has 0 fully saturated rings. The second-order valence-corrected chi connectivity index (χ2v) is 14.9. The third-order valence-electron chi connectivity index (χ3n) is 7.00. The number of ether oxygens (including phenoxy) is 3. The lowest BCUT2D eigenvalue weighted by Crippen LogP contribution is -2.56. The number of carbonyl (C=O) groups excluding carboxylic acids is 3. The van der Waals surface area contributed by atoms with E-state index in [2.05, 4.69) is 0 Å². The Morgan fingerprint density at radius 2 is 0.826 bits per heavy atom. The van der Waals surface area contributed by atoms with Gasteiger partial charge >= 0.3 is 35.0 Å². The lowest BCUT2D eigenvalue weighted by Gasteiger charge is -2.25. The smallest absolute Gasteiger partial charge is 0.337 e. The lowest BCUT2D eigenvalue weighted by atomic mass is 9.84. The van der Waals surface area contributed by atoms with Crippen LogP contribution in [0.5, 0.6) is 0 Å². The van der Waals surface area contributed by atoms with Gasteiger partial charge in [-0.3, -0.25) is 14.4 Å². The molecule has 3 unspecified atom stereocenters. The zero-order valence-electron chi connectivity index (χ0n) is 28.7. The number of hydrogen-bond acceptors (Lipinski definition) is 12. The Kier molecular flexibility index (Phi) is 15.1. The van der Waals surface area contributed by atoms with Crippen molar-refractivity contribution in [3.05, 3.63) is 31.5 Å². The molecule has 0 aliphatic heterocycles. The summed E-state index contributed by atoms with van der Waals surface area (Å²) in [4.78, 5) is 77.4. The Bertz CT molecular complexity index is 1280. The van der Waals surface area contributed by atoms with Crippen LogP contribution in [-0.2, 0) is 48.2 Å². The van der Waals surface area contributed by atoms with Crippen LogP contribution >= 0.6 is 0 Å². The molecule has 0 aliphatic carbocycles. The fourth-order valence-electron chi connectivity index (χ4n) is 4.55. The highest BCUT2D eigenvalue weighted by molar-refractivity contribution is 5.70. The zero-order chi connectivity index (χ0) is 35.6. The topological polar surface area (TPSA) is 206 Å². The van der Waals surface area contributed by atoms with E-state index in [1.807, 2.05) is 62.3 Å². The molecule has 1 aromatic rings. The summed E-state index contributed by atoms with van der Waals surface area (Å²) in [6.45, 7) is 12.8. The number of esters is 3. The average Bonchev–Trinajstić information content (AvgIpc) is 2.90. The van der Waals surface area contributed by atoms with Crippen molar-refractivity contribution in [3.8, 4) is 0 Å². The van der Waals surface area contributed by atoms with Crippen molar-refractivity contribution in [1.82, 2.24) is 13.7 Å². The SMILES string of the molecule is CCC(C)(C)CC(O)COC(=O)Cn1c(=O)n(CC(=O)OCC(O)CC(C)(C)C)c(=O)n(CC(=O)OCC(O)CC(C)(C)C)c1=O. The fraction of sp³-hybridized carbons (Fsp3) is 0.806. The quantitative estimate of drug-likeness (QED) is 0.155. The highest BCUT2D eigenvalue weighted by Gasteiger charge is 2.25. The van der Waals surface area contributed by atoms with Crippen LogP contribution in [0.25, 0.3) is 0 Å². The van der Waals surface area contributed by atoms with Crippen molar-refractivity contribution in [2.45, 2.75) is 126 Å². The maximum atomic E-state index is 13.2. The van der Waals surface area contributed by atoms with Crippen LogP contribution in [0.1, 0.15) is 88.0 Å². The van der Waals surface area contributed by atoms with Gasteiger partial charge in [-0.2, -0.15) is 0 Å². The van der Waals surface area contributed by atoms with Gasteiger partial charge in [0, 0.05) is 0 Å². The number of aliphatic hydroxyl groups is 3. The number of aromatic nitrogens is 3. The molecule has 15 heteroatoms. The minimum Gasteiger partial charge on any atom is -0.462 e. The van der Waals surface area contributed by atoms with Gasteiger partial charge < -0.3 is 29.5 Å². The summed E-state index contributed by atoms with van der Waals surface area (Å²) < 4.78 is 16.1. The van der Waals surface area contributed by atoms with Crippen molar-refractivity contribution < 1.29 is 43.9 Å². The summed E-state index contributed by atoms with van der Waals surface area (Å²) >= 11 is 0. The van der Waals surface area contributed by atoms with Crippen molar-refractivity contribution >= 4 is 17.9 Å². The molecule has 15 nitrogen and oxygen atoms in total. The standard InChI is InChI=1S/C31H53N3O12/c1-10-31(8,9)13-22(37)19-46-25(40)16-34-27(42)32(14-23(38)44-17-20(35)11-29(2,3)4)26(41)33(28(34)43)15-24(39)45-18-21(36)12-30(5,6)7/h20-22,35-37H,10-19H2,1-9H3. The maximum Gasteiger partial charge on any atom is 0.337 e. The lowest BCUT2D eigenvalue weighted by molar-refractivity contribution is -0.148. The van der Waals surface area contributed by atoms with Gasteiger partial charge in [-0.05, 0) is 35.5 Å². The van der Waals surface area contributed by atoms with Crippen LogP contribution in [0.4, 0.5) is 0 Å². The third-order valence-corrected chi connectivity index (χ3v) is 7.00. The Balaban J connectivity index is 3.30. The largest absolute Gasteiger partial charge is 0.462 e. The monoisotopic (exact) mass is 659 g/mol. The van der Waals surface area contributed by atoms with Crippen LogP contribution in [-0.4, -0.2) is 85.1 Å². The molecule has 0 saturated heterocycles. The van der Waals surface area contributed by atoms with Crippen LogP contribution < -0.4 is 17.1 Å². The van der Waals surface area contributed by atoms with E-state index < -0.39 is 92.7 Å². The van der Waals surface area contributed by atoms with E-state index in [-0.39, 0.29) is 29.1 Å². The minimum absolute atomic E-state index is 0.235. The van der Waals surface area contributed by atoms with E-state index in [1.54, 1.807) is 0 Å². The summed E-state index contributed by atoms with van der Waals surface area (Å²) in [6.07, 6.45) is -1.43. The van der Waals surface area contributed by atoms with Crippen LogP contribution in [0, 0.1) is 16.2 Å². The van der Waals surface area contributed by atoms with Crippen LogP contribution in [0.15, 0.2) is 14.4 Å². The van der Waals surface area contributed by atoms with E-state index in [1.165, 1.54) is 0 Å². The molecule has 0 amide bonds. The van der Waals surface area contributed by atoms with E-state index in [0.717, 1.165) is 6.42 Å². The highest BCUT2D eigenvalue weighted by Crippen LogP contribution is 2.26. The molecular weight excluding hydrogens is 606 g/mol. The third kappa shape index (κ3) is 14.9. The molecule has 264 valence electrons. The summed E-state index contributed by atoms with van der Waals surface area (Å²) in [5, 5.41) is 30.6. The molecule has 0 aromatic carbocycles. The van der Waals surface area contributed by atoms with E-state index in [0.29, 0.717) is 20.1 Å². The first-order valence-corrected chi connectivity index (χ1v) is 15.4. The fourth-order valence-corrected chi connectivity index (χ4v) is 4.55. The Morgan fingerprint density at radius 1 is 0.565 bits per heavy atom. The van der Waals surface area contributed by atoms with Crippen LogP contribution in [0.3, 0.4) is 0 Å². The van der Waals surface area contributed by atoms with Gasteiger partial charge in [-0.15, -0.1) is 0 Å². The molecular formula is C31H53N3O12. The highest BCUT2D eigenvalue weighted by atomic mass is 16.6. The second kappa shape index (κ2) is 17.0. The van der Waals surface area contributed by atoms with E-state index in [4.69, 9.17) is 14.2 Å². The number of nitrogens with zero attached hydrogens (tertiary/aromatic N) is 3. The van der Waals surface area contributed by atoms with Gasteiger partial charge in [0.05, 0.1) is 18.3 Å². The molecule has 0 bridgehead atoms. The Labute approximate surface area is 269 Å². The Morgan fingerprint density at radius 3 is 1.07 bits per heavy atom. The summed E-state index contributed by atoms with van der Waals surface area (Å²) in [6, 6.07) is 0. The van der Waals surface area contributed by atoms with Crippen LogP contribution in [0.2, 0.25) is 0 Å². The number of aliphatic hydroxyl groups excluding tert-OH is 3. The summed E-state index contributed by atoms with van der Waals surface area (Å²) in [5.41, 5.74) is -4.84. The normalized spacial score (nSPS) is 14.3.